The number of halogens is 1. The Labute approximate surface area is 199 Å². The summed E-state index contributed by atoms with van der Waals surface area (Å²) in [7, 11) is 1.39. The van der Waals surface area contributed by atoms with Crippen LogP contribution >= 0.6 is 11.6 Å². The SMILES string of the molecule is COC(=O)c1ccc(C2CC(C=Nc3ccccc3)=C(Cl)/C(=C/Nc3ccccc3)C2)cc1. The van der Waals surface area contributed by atoms with Crippen LogP contribution in [0.25, 0.3) is 0 Å². The van der Waals surface area contributed by atoms with Crippen molar-refractivity contribution in [2.75, 3.05) is 12.4 Å². The van der Waals surface area contributed by atoms with Crippen molar-refractivity contribution < 1.29 is 9.53 Å². The third kappa shape index (κ3) is 5.79. The standard InChI is InChI=1S/C28H25ClN2O2/c1-33-28(32)21-14-12-20(13-15-21)22-16-23(18-30-25-8-4-2-5-9-25)27(29)24(17-22)19-31-26-10-6-3-7-11-26/h2-15,18-19,22,30H,16-17H2,1H3/b23-18+,31-19?. The zero-order valence-electron chi connectivity index (χ0n) is 18.4. The Morgan fingerprint density at radius 2 is 1.64 bits per heavy atom. The molecule has 0 saturated heterocycles. The van der Waals surface area contributed by atoms with Crippen molar-refractivity contribution in [2.45, 2.75) is 18.8 Å². The van der Waals surface area contributed by atoms with Gasteiger partial charge in [0.05, 0.1) is 18.4 Å². The van der Waals surface area contributed by atoms with Gasteiger partial charge in [0.1, 0.15) is 0 Å². The van der Waals surface area contributed by atoms with Crippen molar-refractivity contribution in [2.24, 2.45) is 4.99 Å². The minimum absolute atomic E-state index is 0.209. The third-order valence-electron chi connectivity index (χ3n) is 5.61. The van der Waals surface area contributed by atoms with Crippen molar-refractivity contribution in [3.8, 4) is 0 Å². The molecule has 0 heterocycles. The molecule has 4 rings (SSSR count). The number of nitrogens with one attached hydrogen (secondary N) is 1. The van der Waals surface area contributed by atoms with E-state index in [0.717, 1.165) is 46.0 Å². The maximum Gasteiger partial charge on any atom is 0.337 e. The van der Waals surface area contributed by atoms with Crippen molar-refractivity contribution in [3.63, 3.8) is 0 Å². The molecule has 3 aromatic carbocycles. The second-order valence-corrected chi connectivity index (χ2v) is 8.21. The smallest absolute Gasteiger partial charge is 0.337 e. The van der Waals surface area contributed by atoms with Crippen LogP contribution in [0.2, 0.25) is 0 Å². The number of para-hydroxylation sites is 2. The summed E-state index contributed by atoms with van der Waals surface area (Å²) in [6.45, 7) is 0. The van der Waals surface area contributed by atoms with Crippen LogP contribution in [0.4, 0.5) is 11.4 Å². The normalized spacial score (nSPS) is 17.4. The lowest BCUT2D eigenvalue weighted by atomic mass is 9.81. The predicted molar refractivity (Wildman–Crippen MR) is 135 cm³/mol. The first-order chi connectivity index (χ1) is 16.1. The van der Waals surface area contributed by atoms with E-state index < -0.39 is 0 Å². The zero-order valence-corrected chi connectivity index (χ0v) is 19.1. The number of hydrogen-bond donors (Lipinski definition) is 1. The van der Waals surface area contributed by atoms with Crippen molar-refractivity contribution in [1.29, 1.82) is 0 Å². The minimum atomic E-state index is -0.337. The highest BCUT2D eigenvalue weighted by Gasteiger charge is 2.25. The van der Waals surface area contributed by atoms with Gasteiger partial charge < -0.3 is 10.1 Å². The Bertz CT molecular complexity index is 1180. The molecule has 1 aliphatic carbocycles. The lowest BCUT2D eigenvalue weighted by molar-refractivity contribution is 0.0600. The molecule has 3 aromatic rings. The molecule has 5 heteroatoms. The van der Waals surface area contributed by atoms with E-state index >= 15 is 0 Å². The van der Waals surface area contributed by atoms with Crippen LogP contribution in [-0.4, -0.2) is 19.3 Å². The van der Waals surface area contributed by atoms with Crippen molar-refractivity contribution >= 4 is 35.2 Å². The quantitative estimate of drug-likeness (QED) is 0.314. The fraction of sp³-hybridized carbons (Fsp3) is 0.143. The number of methoxy groups -OCH3 is 1. The molecule has 0 aromatic heterocycles. The molecule has 0 radical (unpaired) electrons. The van der Waals surface area contributed by atoms with Gasteiger partial charge in [0.25, 0.3) is 0 Å². The molecule has 1 unspecified atom stereocenters. The van der Waals surface area contributed by atoms with E-state index in [4.69, 9.17) is 16.3 Å². The summed E-state index contributed by atoms with van der Waals surface area (Å²) in [5.74, 6) is -0.128. The summed E-state index contributed by atoms with van der Waals surface area (Å²) >= 11 is 6.84. The number of esters is 1. The highest BCUT2D eigenvalue weighted by atomic mass is 35.5. The highest BCUT2D eigenvalue weighted by Crippen LogP contribution is 2.41. The Hall–Kier alpha value is -3.63. The summed E-state index contributed by atoms with van der Waals surface area (Å²) in [6, 6.07) is 27.4. The largest absolute Gasteiger partial charge is 0.465 e. The number of aliphatic imine (C=N–C) groups is 1. The molecular formula is C28H25ClN2O2. The van der Waals surface area contributed by atoms with E-state index in [2.05, 4.69) is 10.3 Å². The fourth-order valence-corrected chi connectivity index (χ4v) is 4.09. The average Bonchev–Trinajstić information content (AvgIpc) is 2.88. The number of nitrogens with zero attached hydrogens (tertiary/aromatic N) is 1. The molecule has 0 fully saturated rings. The first kappa shape index (κ1) is 22.6. The molecule has 33 heavy (non-hydrogen) atoms. The van der Waals surface area contributed by atoms with Gasteiger partial charge in [-0.3, -0.25) is 4.99 Å². The number of anilines is 1. The van der Waals surface area contributed by atoms with E-state index in [1.807, 2.05) is 97.3 Å². The van der Waals surface area contributed by atoms with Gasteiger partial charge >= 0.3 is 5.97 Å². The number of rotatable bonds is 6. The van der Waals surface area contributed by atoms with E-state index in [1.54, 1.807) is 0 Å². The lowest BCUT2D eigenvalue weighted by Crippen LogP contribution is -2.12. The van der Waals surface area contributed by atoms with Gasteiger partial charge in [-0.15, -0.1) is 0 Å². The lowest BCUT2D eigenvalue weighted by Gasteiger charge is -2.26. The maximum atomic E-state index is 11.8. The monoisotopic (exact) mass is 456 g/mol. The van der Waals surface area contributed by atoms with Crippen molar-refractivity contribution in [3.05, 3.63) is 118 Å². The van der Waals surface area contributed by atoms with Crippen molar-refractivity contribution in [1.82, 2.24) is 0 Å². The maximum absolute atomic E-state index is 11.8. The second-order valence-electron chi connectivity index (χ2n) is 7.83. The number of carbonyl (C=O) groups is 1. The second kappa shape index (κ2) is 10.8. The molecule has 4 nitrogen and oxygen atoms in total. The average molecular weight is 457 g/mol. The molecule has 1 atom stereocenters. The molecule has 0 aliphatic heterocycles. The Kier molecular flexibility index (Phi) is 7.38. The fourth-order valence-electron chi connectivity index (χ4n) is 3.84. The highest BCUT2D eigenvalue weighted by molar-refractivity contribution is 6.34. The van der Waals surface area contributed by atoms with Gasteiger partial charge in [-0.2, -0.15) is 0 Å². The summed E-state index contributed by atoms with van der Waals surface area (Å²) in [5, 5.41) is 4.08. The van der Waals surface area contributed by atoms with Crippen LogP contribution in [0.1, 0.15) is 34.7 Å². The van der Waals surface area contributed by atoms with Gasteiger partial charge in [-0.1, -0.05) is 60.1 Å². The van der Waals surface area contributed by atoms with Crippen LogP contribution in [0.15, 0.2) is 112 Å². The first-order valence-electron chi connectivity index (χ1n) is 10.8. The van der Waals surface area contributed by atoms with E-state index in [0.29, 0.717) is 5.56 Å². The number of ether oxygens (including phenoxy) is 1. The van der Waals surface area contributed by atoms with Crippen LogP contribution in [0, 0.1) is 0 Å². The molecule has 0 bridgehead atoms. The Morgan fingerprint density at radius 3 is 2.30 bits per heavy atom. The molecule has 166 valence electrons. The summed E-state index contributed by atoms with van der Waals surface area (Å²) < 4.78 is 4.82. The van der Waals surface area contributed by atoms with E-state index in [-0.39, 0.29) is 11.9 Å². The van der Waals surface area contributed by atoms with Crippen LogP contribution in [0.5, 0.6) is 0 Å². The number of allylic oxidation sites excluding steroid dienone is 3. The first-order valence-corrected chi connectivity index (χ1v) is 11.2. The molecule has 1 N–H and O–H groups in total. The minimum Gasteiger partial charge on any atom is -0.465 e. The van der Waals surface area contributed by atoms with Gasteiger partial charge in [0, 0.05) is 23.1 Å². The molecule has 0 spiro atoms. The van der Waals surface area contributed by atoms with Gasteiger partial charge in [-0.25, -0.2) is 4.79 Å². The topological polar surface area (TPSA) is 50.7 Å². The predicted octanol–water partition coefficient (Wildman–Crippen LogP) is 7.24. The summed E-state index contributed by atoms with van der Waals surface area (Å²) in [6.07, 6.45) is 5.38. The van der Waals surface area contributed by atoms with E-state index in [9.17, 15) is 4.79 Å². The Balaban J connectivity index is 1.64. The number of benzene rings is 3. The number of hydrogen-bond acceptors (Lipinski definition) is 4. The zero-order chi connectivity index (χ0) is 23.0. The van der Waals surface area contributed by atoms with Crippen LogP contribution < -0.4 is 5.32 Å². The molecule has 0 saturated carbocycles. The molecule has 0 amide bonds. The Morgan fingerprint density at radius 1 is 0.970 bits per heavy atom. The van der Waals surface area contributed by atoms with Crippen LogP contribution in [-0.2, 0) is 4.74 Å². The summed E-state index contributed by atoms with van der Waals surface area (Å²) in [4.78, 5) is 16.4. The van der Waals surface area contributed by atoms with Gasteiger partial charge in [-0.05, 0) is 71.9 Å². The van der Waals surface area contributed by atoms with Gasteiger partial charge in [0.2, 0.25) is 0 Å². The van der Waals surface area contributed by atoms with Crippen LogP contribution in [0.3, 0.4) is 0 Å². The summed E-state index contributed by atoms with van der Waals surface area (Å²) in [5.41, 5.74) is 5.56. The number of carbonyl (C=O) groups excluding carboxylic acids is 1. The molecular weight excluding hydrogens is 432 g/mol. The van der Waals surface area contributed by atoms with Gasteiger partial charge in [0.15, 0.2) is 0 Å². The molecule has 1 aliphatic rings. The van der Waals surface area contributed by atoms with E-state index in [1.165, 1.54) is 7.11 Å². The third-order valence-corrected chi connectivity index (χ3v) is 6.10.